The molecule has 6 heteroatoms. The van der Waals surface area contributed by atoms with Crippen LogP contribution in [0, 0.1) is 3.57 Å². The quantitative estimate of drug-likeness (QED) is 0.828. The SMILES string of the molecule is CNc1nc(-c2cnn(C)c2)nc(C2CCCC2)c1I. The second-order valence-corrected chi connectivity index (χ2v) is 6.31. The lowest BCUT2D eigenvalue weighted by Crippen LogP contribution is -2.08. The van der Waals surface area contributed by atoms with Crippen LogP contribution in [0.3, 0.4) is 0 Å². The fourth-order valence-electron chi connectivity index (χ4n) is 2.77. The molecule has 0 bridgehead atoms. The van der Waals surface area contributed by atoms with Gasteiger partial charge in [-0.2, -0.15) is 5.10 Å². The van der Waals surface area contributed by atoms with Crippen molar-refractivity contribution in [3.05, 3.63) is 21.7 Å². The van der Waals surface area contributed by atoms with E-state index in [1.165, 1.54) is 31.4 Å². The number of hydrogen-bond acceptors (Lipinski definition) is 4. The summed E-state index contributed by atoms with van der Waals surface area (Å²) < 4.78 is 2.94. The summed E-state index contributed by atoms with van der Waals surface area (Å²) in [5.74, 6) is 2.26. The Labute approximate surface area is 132 Å². The number of anilines is 1. The predicted octanol–water partition coefficient (Wildman–Crippen LogP) is 3.18. The van der Waals surface area contributed by atoms with Crippen LogP contribution in [0.15, 0.2) is 12.4 Å². The molecular weight excluding hydrogens is 365 g/mol. The first-order chi connectivity index (χ1) is 9.69. The molecule has 0 amide bonds. The van der Waals surface area contributed by atoms with Crippen molar-refractivity contribution in [1.82, 2.24) is 19.7 Å². The molecule has 1 aliphatic rings. The number of nitrogens with zero attached hydrogens (tertiary/aromatic N) is 4. The molecule has 1 fully saturated rings. The van der Waals surface area contributed by atoms with E-state index in [2.05, 4.69) is 38.0 Å². The molecule has 0 aliphatic heterocycles. The van der Waals surface area contributed by atoms with E-state index in [0.717, 1.165) is 20.8 Å². The van der Waals surface area contributed by atoms with Crippen LogP contribution in [0.2, 0.25) is 0 Å². The molecule has 0 unspecified atom stereocenters. The minimum absolute atomic E-state index is 0.576. The first-order valence-corrected chi connectivity index (χ1v) is 8.01. The van der Waals surface area contributed by atoms with Crippen LogP contribution in [0.25, 0.3) is 11.4 Å². The second-order valence-electron chi connectivity index (χ2n) is 5.23. The van der Waals surface area contributed by atoms with Gasteiger partial charge >= 0.3 is 0 Å². The van der Waals surface area contributed by atoms with Crippen LogP contribution in [0.4, 0.5) is 5.82 Å². The summed E-state index contributed by atoms with van der Waals surface area (Å²) in [7, 11) is 3.82. The Hall–Kier alpha value is -1.18. The van der Waals surface area contributed by atoms with Gasteiger partial charge in [0.1, 0.15) is 5.82 Å². The smallest absolute Gasteiger partial charge is 0.165 e. The van der Waals surface area contributed by atoms with Gasteiger partial charge in [-0.1, -0.05) is 12.8 Å². The van der Waals surface area contributed by atoms with Crippen molar-refractivity contribution in [3.63, 3.8) is 0 Å². The Morgan fingerprint density at radius 2 is 2.05 bits per heavy atom. The van der Waals surface area contributed by atoms with Gasteiger partial charge < -0.3 is 5.32 Å². The first kappa shape index (κ1) is 13.8. The topological polar surface area (TPSA) is 55.6 Å². The summed E-state index contributed by atoms with van der Waals surface area (Å²) in [6, 6.07) is 0. The molecule has 1 aliphatic carbocycles. The van der Waals surface area contributed by atoms with Crippen molar-refractivity contribution in [2.75, 3.05) is 12.4 Å². The van der Waals surface area contributed by atoms with Crippen molar-refractivity contribution >= 4 is 28.4 Å². The molecule has 1 N–H and O–H groups in total. The largest absolute Gasteiger partial charge is 0.372 e. The van der Waals surface area contributed by atoms with Crippen molar-refractivity contribution in [3.8, 4) is 11.4 Å². The van der Waals surface area contributed by atoms with Gasteiger partial charge in [0.25, 0.3) is 0 Å². The Morgan fingerprint density at radius 3 is 2.65 bits per heavy atom. The summed E-state index contributed by atoms with van der Waals surface area (Å²) in [6.45, 7) is 0. The summed E-state index contributed by atoms with van der Waals surface area (Å²) in [5.41, 5.74) is 2.17. The van der Waals surface area contributed by atoms with Gasteiger partial charge in [-0.3, -0.25) is 4.68 Å². The number of rotatable bonds is 3. The molecule has 0 spiro atoms. The average Bonchev–Trinajstić information content (AvgIpc) is 3.10. The van der Waals surface area contributed by atoms with Crippen LogP contribution in [0.5, 0.6) is 0 Å². The molecule has 2 aromatic rings. The normalized spacial score (nSPS) is 15.8. The van der Waals surface area contributed by atoms with E-state index >= 15 is 0 Å². The first-order valence-electron chi connectivity index (χ1n) is 6.93. The zero-order chi connectivity index (χ0) is 14.1. The van der Waals surface area contributed by atoms with Crippen LogP contribution < -0.4 is 5.32 Å². The lowest BCUT2D eigenvalue weighted by Gasteiger charge is -2.15. The van der Waals surface area contributed by atoms with E-state index in [9.17, 15) is 0 Å². The monoisotopic (exact) mass is 383 g/mol. The summed E-state index contributed by atoms with van der Waals surface area (Å²) in [5, 5.41) is 7.40. The summed E-state index contributed by atoms with van der Waals surface area (Å²) in [4.78, 5) is 9.46. The lowest BCUT2D eigenvalue weighted by atomic mass is 10.0. The van der Waals surface area contributed by atoms with Gasteiger partial charge in [0.05, 0.1) is 21.0 Å². The average molecular weight is 383 g/mol. The molecule has 0 aromatic carbocycles. The van der Waals surface area contributed by atoms with Gasteiger partial charge in [0.2, 0.25) is 0 Å². The zero-order valence-electron chi connectivity index (χ0n) is 11.7. The van der Waals surface area contributed by atoms with Crippen LogP contribution in [-0.2, 0) is 7.05 Å². The van der Waals surface area contributed by atoms with Gasteiger partial charge in [0.15, 0.2) is 5.82 Å². The van der Waals surface area contributed by atoms with E-state index in [-0.39, 0.29) is 0 Å². The number of aromatic nitrogens is 4. The maximum Gasteiger partial charge on any atom is 0.165 e. The van der Waals surface area contributed by atoms with Crippen LogP contribution >= 0.6 is 22.6 Å². The molecule has 2 heterocycles. The van der Waals surface area contributed by atoms with Crippen molar-refractivity contribution in [2.45, 2.75) is 31.6 Å². The third-order valence-corrected chi connectivity index (χ3v) is 4.88. The van der Waals surface area contributed by atoms with E-state index in [1.807, 2.05) is 26.5 Å². The van der Waals surface area contributed by atoms with E-state index < -0.39 is 0 Å². The summed E-state index contributed by atoms with van der Waals surface area (Å²) >= 11 is 2.36. The Balaban J connectivity index is 2.09. The second kappa shape index (κ2) is 5.67. The van der Waals surface area contributed by atoms with E-state index in [0.29, 0.717) is 5.92 Å². The highest BCUT2D eigenvalue weighted by molar-refractivity contribution is 14.1. The van der Waals surface area contributed by atoms with Crippen molar-refractivity contribution in [1.29, 1.82) is 0 Å². The molecule has 5 nitrogen and oxygen atoms in total. The number of hydrogen-bond donors (Lipinski definition) is 1. The molecule has 2 aromatic heterocycles. The highest BCUT2D eigenvalue weighted by Crippen LogP contribution is 2.37. The predicted molar refractivity (Wildman–Crippen MR) is 87.7 cm³/mol. The van der Waals surface area contributed by atoms with Crippen molar-refractivity contribution < 1.29 is 0 Å². The minimum atomic E-state index is 0.576. The number of nitrogens with one attached hydrogen (secondary N) is 1. The van der Waals surface area contributed by atoms with Gasteiger partial charge in [0, 0.05) is 26.2 Å². The Bertz CT molecular complexity index is 616. The molecule has 106 valence electrons. The van der Waals surface area contributed by atoms with Gasteiger partial charge in [-0.25, -0.2) is 9.97 Å². The molecule has 0 radical (unpaired) electrons. The summed E-state index contributed by atoms with van der Waals surface area (Å²) in [6.07, 6.45) is 8.87. The molecule has 0 atom stereocenters. The maximum absolute atomic E-state index is 4.83. The third kappa shape index (κ3) is 2.53. The van der Waals surface area contributed by atoms with E-state index in [1.54, 1.807) is 4.68 Å². The Kier molecular flexibility index (Phi) is 3.91. The number of halogens is 1. The fraction of sp³-hybridized carbons (Fsp3) is 0.500. The molecular formula is C14H18IN5. The standard InChI is InChI=1S/C14H18IN5/c1-16-14-11(15)12(9-5-3-4-6-9)18-13(19-14)10-7-17-20(2)8-10/h7-9H,3-6H2,1-2H3,(H,16,18,19). The highest BCUT2D eigenvalue weighted by Gasteiger charge is 2.24. The lowest BCUT2D eigenvalue weighted by molar-refractivity contribution is 0.691. The fourth-order valence-corrected chi connectivity index (χ4v) is 3.72. The van der Waals surface area contributed by atoms with Crippen LogP contribution in [0.1, 0.15) is 37.3 Å². The number of aryl methyl sites for hydroxylation is 1. The highest BCUT2D eigenvalue weighted by atomic mass is 127. The third-order valence-electron chi connectivity index (χ3n) is 3.82. The molecule has 3 rings (SSSR count). The van der Waals surface area contributed by atoms with Crippen molar-refractivity contribution in [2.24, 2.45) is 7.05 Å². The molecule has 20 heavy (non-hydrogen) atoms. The minimum Gasteiger partial charge on any atom is -0.372 e. The maximum atomic E-state index is 4.83. The molecule has 0 saturated heterocycles. The van der Waals surface area contributed by atoms with Crippen LogP contribution in [-0.4, -0.2) is 26.8 Å². The molecule has 1 saturated carbocycles. The van der Waals surface area contributed by atoms with Gasteiger partial charge in [-0.15, -0.1) is 0 Å². The van der Waals surface area contributed by atoms with E-state index in [4.69, 9.17) is 4.98 Å². The van der Waals surface area contributed by atoms with Gasteiger partial charge in [-0.05, 0) is 35.4 Å². The zero-order valence-corrected chi connectivity index (χ0v) is 13.9. The Morgan fingerprint density at radius 1 is 1.30 bits per heavy atom.